The lowest BCUT2D eigenvalue weighted by Crippen LogP contribution is -2.46. The Balaban J connectivity index is 0.000000146. The molecule has 37 nitrogen and oxygen atoms in total. The SMILES string of the molecule is C[C@@H]1CC[C@@H](c2cc(F)c3[nH]ncc3c2)N(C(=O)C(=O)Nc2cncc(C(N)=O)c2)C1.C[C@H]1CC[C@H](c2cc(F)c3[nH]ncc3c2)N(C(=O)C(=O)Nc2cncc(C(N)=O)c2)C1.C[C@H]1CC[C@H](c2cc(F)c3[nH]ncc3c2)N(C(=O)C(=O)Nc2cncc(C(N)=O)c2)C1.C[C@H]1CC[C@H](c2cc(F)c3[nH]ncc3c2)NC1.NC(=O)c1cncc(NC(=O)C(=O)O)c1. The number of H-pyrrole nitrogens is 4. The lowest BCUT2D eigenvalue weighted by atomic mass is 9.89. The summed E-state index contributed by atoms with van der Waals surface area (Å²) in [5, 5.41) is 49.8. The monoisotopic (exact) mass is 1710 g/mol. The number of aromatic nitrogens is 12. The van der Waals surface area contributed by atoms with Crippen LogP contribution < -0.4 is 49.5 Å². The third-order valence-electron chi connectivity index (χ3n) is 21.4. The number of carboxylic acid groups (broad SMARTS) is 1. The molecule has 4 aliphatic rings. The van der Waals surface area contributed by atoms with Crippen LogP contribution in [0.2, 0.25) is 0 Å². The zero-order valence-electron chi connectivity index (χ0n) is 67.5. The van der Waals surface area contributed by atoms with E-state index in [9.17, 15) is 75.1 Å². The fourth-order valence-electron chi connectivity index (χ4n) is 15.1. The van der Waals surface area contributed by atoms with E-state index in [4.69, 9.17) is 28.0 Å². The van der Waals surface area contributed by atoms with Gasteiger partial charge in [-0.2, -0.15) is 20.4 Å². The molecule has 0 spiro atoms. The van der Waals surface area contributed by atoms with E-state index in [0.717, 1.165) is 43.2 Å². The number of hydrogen-bond acceptors (Lipinski definition) is 21. The first kappa shape index (κ1) is 89.0. The van der Waals surface area contributed by atoms with Crippen LogP contribution in [0.25, 0.3) is 43.6 Å². The lowest BCUT2D eigenvalue weighted by molar-refractivity contribution is -0.147. The summed E-state index contributed by atoms with van der Waals surface area (Å²) in [5.41, 5.74) is 25.9. The number of rotatable bonds is 12. The third-order valence-corrected chi connectivity index (χ3v) is 21.4. The molecule has 4 aromatic carbocycles. The highest BCUT2D eigenvalue weighted by Crippen LogP contribution is 2.40. The Morgan fingerprint density at radius 2 is 0.608 bits per heavy atom. The number of halogens is 4. The predicted molar refractivity (Wildman–Crippen MR) is 445 cm³/mol. The van der Waals surface area contributed by atoms with Crippen LogP contribution in [0.15, 0.2) is 147 Å². The van der Waals surface area contributed by atoms with E-state index in [-0.39, 0.29) is 74.6 Å². The maximum absolute atomic E-state index is 14.5. The molecule has 18 N–H and O–H groups in total. The number of hydrogen-bond donors (Lipinski definition) is 14. The van der Waals surface area contributed by atoms with Crippen molar-refractivity contribution in [3.8, 4) is 0 Å². The molecule has 4 saturated heterocycles. The Morgan fingerprint density at radius 1 is 0.344 bits per heavy atom. The van der Waals surface area contributed by atoms with E-state index < -0.39 is 107 Å². The van der Waals surface area contributed by atoms with E-state index >= 15 is 0 Å². The van der Waals surface area contributed by atoms with Crippen LogP contribution >= 0.6 is 0 Å². The van der Waals surface area contributed by atoms with Gasteiger partial charge in [0.1, 0.15) is 45.3 Å². The number of nitrogens with two attached hydrogens (primary N) is 4. The van der Waals surface area contributed by atoms with Crippen molar-refractivity contribution in [3.63, 3.8) is 0 Å². The lowest BCUT2D eigenvalue weighted by Gasteiger charge is -2.38. The fourth-order valence-corrected chi connectivity index (χ4v) is 15.1. The topological polar surface area (TPSA) is 565 Å². The van der Waals surface area contributed by atoms with E-state index in [1.54, 1.807) is 30.5 Å². The number of nitrogens with zero attached hydrogens (tertiary/aromatic N) is 11. The molecule has 11 amide bonds. The number of aromatic amines is 4. The largest absolute Gasteiger partial charge is 0.474 e. The molecule has 4 fully saturated rings. The molecule has 8 atom stereocenters. The van der Waals surface area contributed by atoms with Crippen molar-refractivity contribution in [2.24, 2.45) is 46.6 Å². The molecule has 12 heterocycles. The van der Waals surface area contributed by atoms with Gasteiger partial charge in [0.15, 0.2) is 0 Å². The van der Waals surface area contributed by atoms with Gasteiger partial charge in [-0.05, 0) is 177 Å². The highest BCUT2D eigenvalue weighted by Gasteiger charge is 2.39. The smallest absolute Gasteiger partial charge is 0.394 e. The molecular formula is C84H86F4N24O13. The molecule has 0 unspecified atom stereocenters. The van der Waals surface area contributed by atoms with Crippen molar-refractivity contribution in [3.05, 3.63) is 215 Å². The molecule has 648 valence electrons. The number of fused-ring (bicyclic) bond motifs is 4. The summed E-state index contributed by atoms with van der Waals surface area (Å²) in [5.74, 6) is -10.8. The summed E-state index contributed by atoms with van der Waals surface area (Å²) < 4.78 is 57.3. The van der Waals surface area contributed by atoms with Crippen molar-refractivity contribution in [1.29, 1.82) is 0 Å². The quantitative estimate of drug-likeness (QED) is 0.0403. The minimum Gasteiger partial charge on any atom is -0.474 e. The van der Waals surface area contributed by atoms with Gasteiger partial charge in [-0.1, -0.05) is 27.7 Å². The molecule has 8 aromatic heterocycles. The second kappa shape index (κ2) is 39.5. The van der Waals surface area contributed by atoms with Gasteiger partial charge in [0.05, 0.1) is 113 Å². The second-order valence-corrected chi connectivity index (χ2v) is 30.9. The summed E-state index contributed by atoms with van der Waals surface area (Å²) >= 11 is 0. The van der Waals surface area contributed by atoms with Gasteiger partial charge >= 0.3 is 47.3 Å². The van der Waals surface area contributed by atoms with Gasteiger partial charge in [-0.25, -0.2) is 22.4 Å². The van der Waals surface area contributed by atoms with Gasteiger partial charge in [0.25, 0.3) is 0 Å². The normalized spacial score (nSPS) is 18.5. The molecular weight excluding hydrogens is 1630 g/mol. The van der Waals surface area contributed by atoms with Crippen LogP contribution in [0.3, 0.4) is 0 Å². The number of carboxylic acids is 1. The first-order valence-corrected chi connectivity index (χ1v) is 39.4. The summed E-state index contributed by atoms with van der Waals surface area (Å²) in [4.78, 5) is 162. The van der Waals surface area contributed by atoms with Crippen molar-refractivity contribution < 1.29 is 80.2 Å². The molecule has 12 aromatic rings. The minimum atomic E-state index is -1.63. The zero-order valence-corrected chi connectivity index (χ0v) is 67.5. The first-order valence-electron chi connectivity index (χ1n) is 39.4. The minimum absolute atomic E-state index is 0.0817. The standard InChI is InChI=1S/3C21H21FN6O3.C13H16FN3.C8H7N3O4/c3*1-11-2-3-17(12-4-13-8-25-27-18(13)16(22)6-12)28(10-11)21(31)20(30)26-15-5-14(19(23)29)7-24-9-15;1-8-2-3-12(15-6-8)9-4-10-7-16-17-13(10)11(14)5-9;9-6(12)4-1-5(3-10-2-4)11-7(13)8(14)15/h3*4-9,11,17H,2-3,10H2,1H3,(H2,23,29)(H,25,27)(H,26,30);4-5,7-8,12,15H,2-3,6H2,1H3,(H,16,17);1-3H,(H2,9,12)(H,11,13)(H,14,15)/t3*11-,17+;8-,12+;/m1000./s1. The van der Waals surface area contributed by atoms with E-state index in [1.807, 2.05) is 32.2 Å². The fraction of sp³-hybridized carbons (Fsp3) is 0.286. The van der Waals surface area contributed by atoms with Gasteiger partial charge in [-0.15, -0.1) is 0 Å². The number of piperidine rings is 4. The summed E-state index contributed by atoms with van der Waals surface area (Å²) in [7, 11) is 0. The Bertz CT molecular complexity index is 5690. The maximum atomic E-state index is 14.5. The van der Waals surface area contributed by atoms with E-state index in [2.05, 4.69) is 88.9 Å². The van der Waals surface area contributed by atoms with E-state index in [1.165, 1.54) is 132 Å². The number of benzene rings is 4. The second-order valence-electron chi connectivity index (χ2n) is 30.9. The molecule has 16 rings (SSSR count). The molecule has 0 bridgehead atoms. The Kier molecular flexibility index (Phi) is 28.1. The van der Waals surface area contributed by atoms with Gasteiger partial charge in [-0.3, -0.25) is 93.1 Å². The number of amides is 11. The van der Waals surface area contributed by atoms with Crippen LogP contribution in [0.1, 0.15) is 167 Å². The molecule has 4 aliphatic heterocycles. The van der Waals surface area contributed by atoms with Gasteiger partial charge in [0.2, 0.25) is 23.6 Å². The average Bonchev–Trinajstić information content (AvgIpc) is 1.76. The summed E-state index contributed by atoms with van der Waals surface area (Å²) in [6.45, 7) is 10.3. The van der Waals surface area contributed by atoms with Crippen molar-refractivity contribution in [2.75, 3.05) is 47.4 Å². The summed E-state index contributed by atoms with van der Waals surface area (Å²) in [6, 6.07) is 17.3. The number of carbonyl (C=O) groups excluding carboxylic acids is 11. The van der Waals surface area contributed by atoms with Crippen molar-refractivity contribution in [1.82, 2.24) is 80.7 Å². The highest BCUT2D eigenvalue weighted by atomic mass is 19.1. The Hall–Kier alpha value is -15.3. The molecule has 125 heavy (non-hydrogen) atoms. The van der Waals surface area contributed by atoms with Crippen LogP contribution in [0.4, 0.5) is 40.3 Å². The maximum Gasteiger partial charge on any atom is 0.394 e. The van der Waals surface area contributed by atoms with Crippen LogP contribution in [0, 0.1) is 46.9 Å². The van der Waals surface area contributed by atoms with Crippen LogP contribution in [-0.4, -0.2) is 178 Å². The van der Waals surface area contributed by atoms with Gasteiger partial charge in [0, 0.05) is 72.0 Å². The number of primary amides is 4. The number of aliphatic carboxylic acids is 1. The third kappa shape index (κ3) is 21.9. The molecule has 41 heteroatoms. The Labute approximate surface area is 707 Å². The number of pyridine rings is 4. The molecule has 0 radical (unpaired) electrons. The average molecular weight is 1720 g/mol. The number of carbonyl (C=O) groups is 12. The zero-order chi connectivity index (χ0) is 89.6. The van der Waals surface area contributed by atoms with Crippen LogP contribution in [0.5, 0.6) is 0 Å². The molecule has 0 aliphatic carbocycles. The highest BCUT2D eigenvalue weighted by molar-refractivity contribution is 6.41. The number of anilines is 4. The van der Waals surface area contributed by atoms with Crippen molar-refractivity contribution >= 4 is 137 Å². The van der Waals surface area contributed by atoms with E-state index in [0.29, 0.717) is 99.7 Å². The van der Waals surface area contributed by atoms with Gasteiger partial charge < -0.3 is 69.3 Å². The predicted octanol–water partition coefficient (Wildman–Crippen LogP) is 8.37. The number of likely N-dealkylation sites (tertiary alicyclic amines) is 3. The van der Waals surface area contributed by atoms with Crippen molar-refractivity contribution in [2.45, 2.75) is 103 Å². The number of nitrogens with one attached hydrogen (secondary N) is 9. The van der Waals surface area contributed by atoms with Crippen LogP contribution in [-0.2, 0) is 38.4 Å². The molecule has 0 saturated carbocycles. The Morgan fingerprint density at radius 3 is 0.872 bits per heavy atom. The summed E-state index contributed by atoms with van der Waals surface area (Å²) in [6.07, 6.45) is 23.0. The first-order chi connectivity index (χ1) is 59.7.